The highest BCUT2D eigenvalue weighted by Crippen LogP contribution is 2.30. The van der Waals surface area contributed by atoms with E-state index >= 15 is 0 Å². The summed E-state index contributed by atoms with van der Waals surface area (Å²) in [4.78, 5) is 11.7. The summed E-state index contributed by atoms with van der Waals surface area (Å²) in [6.07, 6.45) is 0.850. The maximum Gasteiger partial charge on any atom is 0.265 e. The molecule has 1 saturated carbocycles. The van der Waals surface area contributed by atoms with Crippen LogP contribution >= 0.6 is 0 Å². The Labute approximate surface area is 106 Å². The second-order valence-corrected chi connectivity index (χ2v) is 4.97. The van der Waals surface area contributed by atoms with Crippen molar-refractivity contribution < 1.29 is 18.7 Å². The van der Waals surface area contributed by atoms with E-state index < -0.39 is 19.1 Å². The van der Waals surface area contributed by atoms with Gasteiger partial charge in [-0.1, -0.05) is 19.3 Å². The molecular formula is C12H22F2N2O2. The van der Waals surface area contributed by atoms with Crippen LogP contribution in [0.1, 0.15) is 38.5 Å². The summed E-state index contributed by atoms with van der Waals surface area (Å²) in [7, 11) is 1.83. The fraction of sp³-hybridized carbons (Fsp3) is 0.917. The number of amides is 1. The van der Waals surface area contributed by atoms with Crippen molar-refractivity contribution in [2.75, 3.05) is 13.6 Å². The molecule has 1 aliphatic carbocycles. The molecule has 0 aromatic heterocycles. The van der Waals surface area contributed by atoms with Crippen LogP contribution in [0.4, 0.5) is 8.78 Å². The van der Waals surface area contributed by atoms with Crippen LogP contribution in [0, 0.1) is 0 Å². The molecule has 0 aromatic carbocycles. The lowest BCUT2D eigenvalue weighted by atomic mass is 9.79. The molecule has 6 heteroatoms. The SMILES string of the molecule is CNC1(CC(=O)NCC(O)C(F)F)CCCCC1. The van der Waals surface area contributed by atoms with Crippen molar-refractivity contribution in [3.8, 4) is 0 Å². The molecule has 1 rings (SSSR count). The van der Waals surface area contributed by atoms with E-state index in [9.17, 15) is 13.6 Å². The van der Waals surface area contributed by atoms with Gasteiger partial charge in [0.15, 0.2) is 0 Å². The molecule has 0 aromatic rings. The first kappa shape index (κ1) is 15.3. The Hall–Kier alpha value is -0.750. The molecule has 0 radical (unpaired) electrons. The number of hydrogen-bond donors (Lipinski definition) is 3. The van der Waals surface area contributed by atoms with Crippen LogP contribution in [0.25, 0.3) is 0 Å². The number of carbonyl (C=O) groups excluding carboxylic acids is 1. The van der Waals surface area contributed by atoms with Gasteiger partial charge in [0.1, 0.15) is 6.10 Å². The lowest BCUT2D eigenvalue weighted by molar-refractivity contribution is -0.123. The maximum atomic E-state index is 12.1. The van der Waals surface area contributed by atoms with Gasteiger partial charge in [0.05, 0.1) is 0 Å². The van der Waals surface area contributed by atoms with Gasteiger partial charge in [-0.2, -0.15) is 0 Å². The van der Waals surface area contributed by atoms with Crippen molar-refractivity contribution in [1.82, 2.24) is 10.6 Å². The summed E-state index contributed by atoms with van der Waals surface area (Å²) < 4.78 is 24.1. The minimum atomic E-state index is -2.82. The zero-order valence-corrected chi connectivity index (χ0v) is 10.7. The van der Waals surface area contributed by atoms with E-state index in [0.717, 1.165) is 25.7 Å². The Morgan fingerprint density at radius 3 is 2.44 bits per heavy atom. The number of nitrogens with one attached hydrogen (secondary N) is 2. The summed E-state index contributed by atoms with van der Waals surface area (Å²) in [5.74, 6) is -0.286. The fourth-order valence-corrected chi connectivity index (χ4v) is 2.42. The predicted octanol–water partition coefficient (Wildman–Crippen LogP) is 1.04. The molecule has 0 heterocycles. The molecule has 1 aliphatic rings. The van der Waals surface area contributed by atoms with Crippen LogP contribution in [0.2, 0.25) is 0 Å². The van der Waals surface area contributed by atoms with E-state index in [0.29, 0.717) is 0 Å². The van der Waals surface area contributed by atoms with Gasteiger partial charge in [-0.25, -0.2) is 8.78 Å². The molecule has 0 saturated heterocycles. The Balaban J connectivity index is 2.38. The van der Waals surface area contributed by atoms with E-state index in [-0.39, 0.29) is 17.9 Å². The molecule has 1 amide bonds. The van der Waals surface area contributed by atoms with Crippen LogP contribution in [-0.4, -0.2) is 42.7 Å². The van der Waals surface area contributed by atoms with Gasteiger partial charge >= 0.3 is 0 Å². The highest BCUT2D eigenvalue weighted by Gasteiger charge is 2.32. The monoisotopic (exact) mass is 264 g/mol. The van der Waals surface area contributed by atoms with Gasteiger partial charge in [0, 0.05) is 18.5 Å². The van der Waals surface area contributed by atoms with Gasteiger partial charge < -0.3 is 15.7 Å². The highest BCUT2D eigenvalue weighted by atomic mass is 19.3. The van der Waals surface area contributed by atoms with Gasteiger partial charge in [-0.3, -0.25) is 4.79 Å². The number of hydrogen-bond acceptors (Lipinski definition) is 3. The van der Waals surface area contributed by atoms with Gasteiger partial charge in [0.25, 0.3) is 6.43 Å². The Morgan fingerprint density at radius 2 is 1.94 bits per heavy atom. The first-order valence-corrected chi connectivity index (χ1v) is 6.41. The number of carbonyl (C=O) groups is 1. The summed E-state index contributed by atoms with van der Waals surface area (Å²) >= 11 is 0. The van der Waals surface area contributed by atoms with Crippen molar-refractivity contribution in [2.45, 2.75) is 56.6 Å². The van der Waals surface area contributed by atoms with Crippen LogP contribution in [0.3, 0.4) is 0 Å². The lowest BCUT2D eigenvalue weighted by Gasteiger charge is -2.36. The molecule has 4 nitrogen and oxygen atoms in total. The zero-order chi connectivity index (χ0) is 13.6. The van der Waals surface area contributed by atoms with Crippen molar-refractivity contribution in [1.29, 1.82) is 0 Å². The first-order valence-electron chi connectivity index (χ1n) is 6.41. The van der Waals surface area contributed by atoms with E-state index in [1.165, 1.54) is 6.42 Å². The molecule has 1 unspecified atom stereocenters. The number of aliphatic hydroxyl groups excluding tert-OH is 1. The van der Waals surface area contributed by atoms with E-state index in [1.807, 2.05) is 7.05 Å². The topological polar surface area (TPSA) is 61.4 Å². The predicted molar refractivity (Wildman–Crippen MR) is 64.5 cm³/mol. The normalized spacial score (nSPS) is 20.7. The highest BCUT2D eigenvalue weighted by molar-refractivity contribution is 5.77. The van der Waals surface area contributed by atoms with E-state index in [1.54, 1.807) is 0 Å². The first-order chi connectivity index (χ1) is 8.49. The van der Waals surface area contributed by atoms with Crippen molar-refractivity contribution >= 4 is 5.91 Å². The molecule has 0 spiro atoms. The third-order valence-electron chi connectivity index (χ3n) is 3.64. The molecule has 1 fully saturated rings. The molecule has 0 aliphatic heterocycles. The van der Waals surface area contributed by atoms with Gasteiger partial charge in [-0.05, 0) is 19.9 Å². The summed E-state index contributed by atoms with van der Waals surface area (Å²) in [6.45, 7) is -0.393. The second-order valence-electron chi connectivity index (χ2n) is 4.97. The average Bonchev–Trinajstić information content (AvgIpc) is 2.36. The van der Waals surface area contributed by atoms with E-state index in [4.69, 9.17) is 5.11 Å². The standard InChI is InChI=1S/C12H22F2N2O2/c1-15-12(5-3-2-4-6-12)7-10(18)16-8-9(17)11(13)14/h9,11,15,17H,2-8H2,1H3,(H,16,18). The fourth-order valence-electron chi connectivity index (χ4n) is 2.42. The lowest BCUT2D eigenvalue weighted by Crippen LogP contribution is -2.49. The van der Waals surface area contributed by atoms with Crippen LogP contribution in [0.15, 0.2) is 0 Å². The minimum Gasteiger partial charge on any atom is -0.385 e. The summed E-state index contributed by atoms with van der Waals surface area (Å²) in [5.41, 5.74) is -0.210. The van der Waals surface area contributed by atoms with Gasteiger partial charge in [-0.15, -0.1) is 0 Å². The van der Waals surface area contributed by atoms with Crippen LogP contribution in [-0.2, 0) is 4.79 Å². The third-order valence-corrected chi connectivity index (χ3v) is 3.64. The third kappa shape index (κ3) is 4.49. The Bertz CT molecular complexity index is 269. The molecule has 1 atom stereocenters. The smallest absolute Gasteiger partial charge is 0.265 e. The largest absolute Gasteiger partial charge is 0.385 e. The van der Waals surface area contributed by atoms with E-state index in [2.05, 4.69) is 10.6 Å². The molecular weight excluding hydrogens is 242 g/mol. The summed E-state index contributed by atoms with van der Waals surface area (Å²) in [5, 5.41) is 14.5. The zero-order valence-electron chi connectivity index (χ0n) is 10.7. The van der Waals surface area contributed by atoms with Crippen LogP contribution in [0.5, 0.6) is 0 Å². The van der Waals surface area contributed by atoms with Gasteiger partial charge in [0.2, 0.25) is 5.91 Å². The molecule has 106 valence electrons. The van der Waals surface area contributed by atoms with Crippen LogP contribution < -0.4 is 10.6 Å². The molecule has 3 N–H and O–H groups in total. The van der Waals surface area contributed by atoms with Crippen molar-refractivity contribution in [3.05, 3.63) is 0 Å². The number of aliphatic hydroxyl groups is 1. The number of halogens is 2. The summed E-state index contributed by atoms with van der Waals surface area (Å²) in [6, 6.07) is 0. The number of alkyl halides is 2. The molecule has 0 bridgehead atoms. The second kappa shape index (κ2) is 6.99. The quantitative estimate of drug-likeness (QED) is 0.672. The maximum absolute atomic E-state index is 12.1. The Morgan fingerprint density at radius 1 is 1.33 bits per heavy atom. The average molecular weight is 264 g/mol. The molecule has 18 heavy (non-hydrogen) atoms. The van der Waals surface area contributed by atoms with Crippen molar-refractivity contribution in [2.24, 2.45) is 0 Å². The number of rotatable bonds is 6. The van der Waals surface area contributed by atoms with Crippen molar-refractivity contribution in [3.63, 3.8) is 0 Å². The Kier molecular flexibility index (Phi) is 5.95. The minimum absolute atomic E-state index is 0.210.